The highest BCUT2D eigenvalue weighted by molar-refractivity contribution is 5.81. The van der Waals surface area contributed by atoms with Crippen LogP contribution in [0.25, 0.3) is 11.2 Å². The van der Waals surface area contributed by atoms with Crippen molar-refractivity contribution in [2.75, 3.05) is 12.3 Å². The van der Waals surface area contributed by atoms with Crippen LogP contribution in [0.4, 0.5) is 5.82 Å². The SMILES string of the molecule is Cc1nc2c(N)ncnc2n1C1OC(CO)C(O)C1(C)O. The molecular weight excluding hydrogens is 278 g/mol. The minimum Gasteiger partial charge on any atom is -0.394 e. The Hall–Kier alpha value is -1.81. The lowest BCUT2D eigenvalue weighted by molar-refractivity contribution is -0.0958. The highest BCUT2D eigenvalue weighted by Crippen LogP contribution is 2.40. The number of fused-ring (bicyclic) bond motifs is 1. The zero-order chi connectivity index (χ0) is 15.4. The van der Waals surface area contributed by atoms with Crippen LogP contribution in [0, 0.1) is 6.92 Å². The second-order valence-electron chi connectivity index (χ2n) is 5.34. The lowest BCUT2D eigenvalue weighted by Gasteiger charge is -2.28. The van der Waals surface area contributed by atoms with Crippen molar-refractivity contribution in [2.24, 2.45) is 0 Å². The van der Waals surface area contributed by atoms with Crippen LogP contribution >= 0.6 is 0 Å². The van der Waals surface area contributed by atoms with Gasteiger partial charge in [0.1, 0.15) is 30.0 Å². The molecule has 4 atom stereocenters. The number of nitrogens with two attached hydrogens (primary N) is 1. The normalized spacial score (nSPS) is 32.9. The summed E-state index contributed by atoms with van der Waals surface area (Å²) < 4.78 is 7.13. The number of aliphatic hydroxyl groups is 3. The van der Waals surface area contributed by atoms with Gasteiger partial charge in [0.15, 0.2) is 23.2 Å². The minimum atomic E-state index is -1.61. The summed E-state index contributed by atoms with van der Waals surface area (Å²) in [5, 5.41) is 29.9. The summed E-state index contributed by atoms with van der Waals surface area (Å²) in [5.74, 6) is 0.729. The highest BCUT2D eigenvalue weighted by atomic mass is 16.6. The fraction of sp³-hybridized carbons (Fsp3) is 0.583. The summed E-state index contributed by atoms with van der Waals surface area (Å²) in [4.78, 5) is 12.3. The first-order chi connectivity index (χ1) is 9.87. The van der Waals surface area contributed by atoms with Gasteiger partial charge in [-0.05, 0) is 13.8 Å². The van der Waals surface area contributed by atoms with E-state index in [-0.39, 0.29) is 5.82 Å². The molecule has 0 amide bonds. The van der Waals surface area contributed by atoms with Crippen molar-refractivity contribution in [3.8, 4) is 0 Å². The van der Waals surface area contributed by atoms with Gasteiger partial charge < -0.3 is 25.8 Å². The van der Waals surface area contributed by atoms with E-state index < -0.39 is 30.6 Å². The molecule has 1 fully saturated rings. The zero-order valence-electron chi connectivity index (χ0n) is 11.6. The predicted molar refractivity (Wildman–Crippen MR) is 72.1 cm³/mol. The van der Waals surface area contributed by atoms with E-state index in [4.69, 9.17) is 10.5 Å². The number of ether oxygens (including phenoxy) is 1. The number of rotatable bonds is 2. The Kier molecular flexibility index (Phi) is 3.10. The fourth-order valence-electron chi connectivity index (χ4n) is 2.68. The molecule has 0 aliphatic carbocycles. The molecule has 4 unspecified atom stereocenters. The Labute approximate surface area is 120 Å². The van der Waals surface area contributed by atoms with Crippen molar-refractivity contribution in [2.45, 2.75) is 37.9 Å². The number of aryl methyl sites for hydroxylation is 1. The molecule has 21 heavy (non-hydrogen) atoms. The lowest BCUT2D eigenvalue weighted by atomic mass is 9.96. The highest BCUT2D eigenvalue weighted by Gasteiger charge is 2.53. The molecule has 1 saturated heterocycles. The third-order valence-electron chi connectivity index (χ3n) is 3.85. The van der Waals surface area contributed by atoms with Crippen LogP contribution in [0.1, 0.15) is 19.0 Å². The van der Waals surface area contributed by atoms with Crippen molar-refractivity contribution in [3.05, 3.63) is 12.2 Å². The van der Waals surface area contributed by atoms with Gasteiger partial charge in [0.2, 0.25) is 0 Å². The third kappa shape index (κ3) is 1.89. The van der Waals surface area contributed by atoms with Gasteiger partial charge >= 0.3 is 0 Å². The molecule has 2 aromatic heterocycles. The molecule has 1 aliphatic heterocycles. The second kappa shape index (κ2) is 4.60. The molecule has 5 N–H and O–H groups in total. The Morgan fingerprint density at radius 3 is 2.81 bits per heavy atom. The maximum absolute atomic E-state index is 10.5. The average molecular weight is 295 g/mol. The summed E-state index contributed by atoms with van der Waals surface area (Å²) in [6.07, 6.45) is -1.77. The standard InChI is InChI=1S/C12H17N5O4/c1-5-16-7-9(13)14-4-15-10(7)17(5)11-12(2,20)8(19)6(3-18)21-11/h4,6,8,11,18-20H,3H2,1-2H3,(H2,13,14,15). The van der Waals surface area contributed by atoms with Crippen LogP contribution in [0.15, 0.2) is 6.33 Å². The van der Waals surface area contributed by atoms with Gasteiger partial charge in [0.05, 0.1) is 6.61 Å². The number of aromatic nitrogens is 4. The monoisotopic (exact) mass is 295 g/mol. The molecule has 0 spiro atoms. The van der Waals surface area contributed by atoms with E-state index in [0.29, 0.717) is 17.0 Å². The quantitative estimate of drug-likeness (QED) is 0.537. The Bertz CT molecular complexity index is 686. The predicted octanol–water partition coefficient (Wildman–Crippen LogP) is -1.28. The van der Waals surface area contributed by atoms with E-state index in [9.17, 15) is 15.3 Å². The molecule has 1 aliphatic rings. The molecule has 0 aromatic carbocycles. The van der Waals surface area contributed by atoms with Crippen LogP contribution < -0.4 is 5.73 Å². The first-order valence-electron chi connectivity index (χ1n) is 6.49. The van der Waals surface area contributed by atoms with Crippen molar-refractivity contribution in [1.29, 1.82) is 0 Å². The first-order valence-corrected chi connectivity index (χ1v) is 6.49. The molecule has 3 heterocycles. The molecule has 0 saturated carbocycles. The van der Waals surface area contributed by atoms with Crippen molar-refractivity contribution in [3.63, 3.8) is 0 Å². The van der Waals surface area contributed by atoms with E-state index in [1.165, 1.54) is 13.3 Å². The van der Waals surface area contributed by atoms with Crippen LogP contribution in [-0.4, -0.2) is 59.3 Å². The molecule has 114 valence electrons. The number of aliphatic hydroxyl groups excluding tert-OH is 2. The van der Waals surface area contributed by atoms with Gasteiger partial charge in [0, 0.05) is 0 Å². The smallest absolute Gasteiger partial charge is 0.168 e. The van der Waals surface area contributed by atoms with E-state index in [1.807, 2.05) is 0 Å². The third-order valence-corrected chi connectivity index (χ3v) is 3.85. The summed E-state index contributed by atoms with van der Waals surface area (Å²) in [7, 11) is 0. The summed E-state index contributed by atoms with van der Waals surface area (Å²) >= 11 is 0. The number of imidazole rings is 1. The topological polar surface area (TPSA) is 140 Å². The summed E-state index contributed by atoms with van der Waals surface area (Å²) in [6, 6.07) is 0. The van der Waals surface area contributed by atoms with Crippen molar-refractivity contribution in [1.82, 2.24) is 19.5 Å². The van der Waals surface area contributed by atoms with Gasteiger partial charge in [-0.1, -0.05) is 0 Å². The lowest BCUT2D eigenvalue weighted by Crippen LogP contribution is -2.44. The molecule has 0 radical (unpaired) electrons. The summed E-state index contributed by atoms with van der Waals surface area (Å²) in [5.41, 5.74) is 4.96. The van der Waals surface area contributed by atoms with Gasteiger partial charge in [-0.15, -0.1) is 0 Å². The second-order valence-corrected chi connectivity index (χ2v) is 5.34. The Balaban J connectivity index is 2.17. The Morgan fingerprint density at radius 1 is 1.48 bits per heavy atom. The van der Waals surface area contributed by atoms with Crippen LogP contribution in [0.2, 0.25) is 0 Å². The Morgan fingerprint density at radius 2 is 2.19 bits per heavy atom. The maximum Gasteiger partial charge on any atom is 0.168 e. The molecular formula is C12H17N5O4. The van der Waals surface area contributed by atoms with E-state index in [1.54, 1.807) is 11.5 Å². The average Bonchev–Trinajstić information content (AvgIpc) is 2.87. The maximum atomic E-state index is 10.5. The number of nitrogens with zero attached hydrogens (tertiary/aromatic N) is 4. The number of nitrogen functional groups attached to an aromatic ring is 1. The van der Waals surface area contributed by atoms with Gasteiger partial charge in [0.25, 0.3) is 0 Å². The van der Waals surface area contributed by atoms with E-state index in [0.717, 1.165) is 0 Å². The van der Waals surface area contributed by atoms with Crippen molar-refractivity contribution < 1.29 is 20.1 Å². The number of hydrogen-bond acceptors (Lipinski definition) is 8. The molecule has 2 aromatic rings. The van der Waals surface area contributed by atoms with Crippen molar-refractivity contribution >= 4 is 17.0 Å². The largest absolute Gasteiger partial charge is 0.394 e. The van der Waals surface area contributed by atoms with Gasteiger partial charge in [-0.3, -0.25) is 4.57 Å². The molecule has 9 heteroatoms. The van der Waals surface area contributed by atoms with E-state index in [2.05, 4.69) is 15.0 Å². The molecule has 0 bridgehead atoms. The van der Waals surface area contributed by atoms with Crippen LogP contribution in [0.3, 0.4) is 0 Å². The molecule has 9 nitrogen and oxygen atoms in total. The summed E-state index contributed by atoms with van der Waals surface area (Å²) in [6.45, 7) is 2.74. The van der Waals surface area contributed by atoms with Gasteiger partial charge in [-0.2, -0.15) is 0 Å². The number of anilines is 1. The van der Waals surface area contributed by atoms with Crippen LogP contribution in [-0.2, 0) is 4.74 Å². The van der Waals surface area contributed by atoms with Crippen LogP contribution in [0.5, 0.6) is 0 Å². The minimum absolute atomic E-state index is 0.221. The van der Waals surface area contributed by atoms with Gasteiger partial charge in [-0.25, -0.2) is 15.0 Å². The fourth-order valence-corrected chi connectivity index (χ4v) is 2.68. The number of hydrogen-bond donors (Lipinski definition) is 4. The first kappa shape index (κ1) is 14.1. The zero-order valence-corrected chi connectivity index (χ0v) is 11.6. The van der Waals surface area contributed by atoms with E-state index >= 15 is 0 Å². The molecule has 3 rings (SSSR count).